The van der Waals surface area contributed by atoms with E-state index in [0.717, 1.165) is 24.5 Å². The summed E-state index contributed by atoms with van der Waals surface area (Å²) in [7, 11) is 0. The van der Waals surface area contributed by atoms with E-state index in [0.29, 0.717) is 6.04 Å². The molecule has 2 rings (SSSR count). The highest BCUT2D eigenvalue weighted by atomic mass is 35.5. The molecular formula is C17H27ClN2. The molecule has 0 aliphatic carbocycles. The first-order valence-electron chi connectivity index (χ1n) is 7.98. The number of halogens is 1. The van der Waals surface area contributed by atoms with E-state index in [2.05, 4.69) is 36.2 Å². The van der Waals surface area contributed by atoms with Crippen molar-refractivity contribution in [1.82, 2.24) is 5.32 Å². The van der Waals surface area contributed by atoms with Gasteiger partial charge in [0.25, 0.3) is 0 Å². The van der Waals surface area contributed by atoms with E-state index < -0.39 is 0 Å². The SMILES string of the molecule is CCCNCc1cc(Cl)ccc1N1CCCCCC1C. The van der Waals surface area contributed by atoms with Gasteiger partial charge in [0.1, 0.15) is 0 Å². The van der Waals surface area contributed by atoms with Crippen molar-refractivity contribution in [2.24, 2.45) is 0 Å². The molecule has 112 valence electrons. The predicted molar refractivity (Wildman–Crippen MR) is 88.7 cm³/mol. The van der Waals surface area contributed by atoms with E-state index in [-0.39, 0.29) is 0 Å². The van der Waals surface area contributed by atoms with Crippen molar-refractivity contribution >= 4 is 17.3 Å². The molecule has 3 heteroatoms. The van der Waals surface area contributed by atoms with Crippen molar-refractivity contribution in [2.75, 3.05) is 18.0 Å². The zero-order valence-corrected chi connectivity index (χ0v) is 13.5. The monoisotopic (exact) mass is 294 g/mol. The zero-order valence-electron chi connectivity index (χ0n) is 12.8. The van der Waals surface area contributed by atoms with Crippen molar-refractivity contribution in [3.8, 4) is 0 Å². The quantitative estimate of drug-likeness (QED) is 0.798. The minimum atomic E-state index is 0.628. The van der Waals surface area contributed by atoms with Gasteiger partial charge in [-0.3, -0.25) is 0 Å². The molecule has 0 radical (unpaired) electrons. The molecular weight excluding hydrogens is 268 g/mol. The minimum Gasteiger partial charge on any atom is -0.369 e. The van der Waals surface area contributed by atoms with Crippen LogP contribution in [0, 0.1) is 0 Å². The van der Waals surface area contributed by atoms with Crippen LogP contribution in [-0.4, -0.2) is 19.1 Å². The highest BCUT2D eigenvalue weighted by Gasteiger charge is 2.19. The predicted octanol–water partition coefficient (Wildman–Crippen LogP) is 4.61. The standard InChI is InChI=1S/C17H27ClN2/c1-3-10-19-13-15-12-16(18)8-9-17(15)20-11-6-4-5-7-14(20)2/h8-9,12,14,19H,3-7,10-11,13H2,1-2H3. The number of anilines is 1. The van der Waals surface area contributed by atoms with Gasteiger partial charge in [-0.2, -0.15) is 0 Å². The molecule has 1 fully saturated rings. The molecule has 1 unspecified atom stereocenters. The van der Waals surface area contributed by atoms with Crippen molar-refractivity contribution in [3.05, 3.63) is 28.8 Å². The van der Waals surface area contributed by atoms with Crippen LogP contribution < -0.4 is 10.2 Å². The summed E-state index contributed by atoms with van der Waals surface area (Å²) in [5.41, 5.74) is 2.70. The van der Waals surface area contributed by atoms with Gasteiger partial charge in [0.2, 0.25) is 0 Å². The number of rotatable bonds is 5. The van der Waals surface area contributed by atoms with Gasteiger partial charge >= 0.3 is 0 Å². The molecule has 2 nitrogen and oxygen atoms in total. The van der Waals surface area contributed by atoms with Crippen LogP contribution in [0.25, 0.3) is 0 Å². The molecule has 0 bridgehead atoms. The third kappa shape index (κ3) is 4.13. The summed E-state index contributed by atoms with van der Waals surface area (Å²) in [6.07, 6.45) is 6.47. The smallest absolute Gasteiger partial charge is 0.0415 e. The Kier molecular flexibility index (Phi) is 6.18. The number of hydrogen-bond acceptors (Lipinski definition) is 2. The molecule has 0 amide bonds. The van der Waals surface area contributed by atoms with Crippen LogP contribution in [0.1, 0.15) is 51.5 Å². The second-order valence-electron chi connectivity index (χ2n) is 5.84. The highest BCUT2D eigenvalue weighted by Crippen LogP contribution is 2.29. The fourth-order valence-electron chi connectivity index (χ4n) is 3.01. The van der Waals surface area contributed by atoms with Crippen LogP contribution in [0.5, 0.6) is 0 Å². The third-order valence-corrected chi connectivity index (χ3v) is 4.38. The van der Waals surface area contributed by atoms with Gasteiger partial charge in [-0.1, -0.05) is 31.4 Å². The van der Waals surface area contributed by atoms with Gasteiger partial charge in [-0.25, -0.2) is 0 Å². The molecule has 1 aromatic carbocycles. The van der Waals surface area contributed by atoms with E-state index in [9.17, 15) is 0 Å². The molecule has 1 atom stereocenters. The molecule has 1 N–H and O–H groups in total. The Morgan fingerprint density at radius 2 is 2.15 bits per heavy atom. The van der Waals surface area contributed by atoms with E-state index in [1.807, 2.05) is 6.07 Å². The van der Waals surface area contributed by atoms with Crippen molar-refractivity contribution in [1.29, 1.82) is 0 Å². The van der Waals surface area contributed by atoms with E-state index in [1.54, 1.807) is 0 Å². The van der Waals surface area contributed by atoms with E-state index in [4.69, 9.17) is 11.6 Å². The maximum absolute atomic E-state index is 6.19. The average molecular weight is 295 g/mol. The number of hydrogen-bond donors (Lipinski definition) is 1. The number of nitrogens with zero attached hydrogens (tertiary/aromatic N) is 1. The zero-order chi connectivity index (χ0) is 14.4. The summed E-state index contributed by atoms with van der Waals surface area (Å²) in [6.45, 7) is 7.68. The minimum absolute atomic E-state index is 0.628. The van der Waals surface area contributed by atoms with Crippen molar-refractivity contribution < 1.29 is 0 Å². The van der Waals surface area contributed by atoms with Crippen LogP contribution >= 0.6 is 11.6 Å². The Balaban J connectivity index is 2.19. The Morgan fingerprint density at radius 3 is 2.95 bits per heavy atom. The van der Waals surface area contributed by atoms with Crippen LogP contribution in [0.15, 0.2) is 18.2 Å². The second-order valence-corrected chi connectivity index (χ2v) is 6.28. The topological polar surface area (TPSA) is 15.3 Å². The van der Waals surface area contributed by atoms with Crippen LogP contribution in [-0.2, 0) is 6.54 Å². The van der Waals surface area contributed by atoms with Crippen molar-refractivity contribution in [3.63, 3.8) is 0 Å². The normalized spacial score (nSPS) is 19.9. The molecule has 0 aromatic heterocycles. The molecule has 1 aliphatic heterocycles. The van der Waals surface area contributed by atoms with E-state index in [1.165, 1.54) is 43.5 Å². The summed E-state index contributed by atoms with van der Waals surface area (Å²) in [4.78, 5) is 2.58. The van der Waals surface area contributed by atoms with Gasteiger partial charge in [0.05, 0.1) is 0 Å². The van der Waals surface area contributed by atoms with Gasteiger partial charge in [-0.15, -0.1) is 0 Å². The van der Waals surface area contributed by atoms with E-state index >= 15 is 0 Å². The van der Waals surface area contributed by atoms with Crippen molar-refractivity contribution in [2.45, 2.75) is 58.5 Å². The van der Waals surface area contributed by atoms with Gasteiger partial charge in [-0.05, 0) is 56.5 Å². The first-order chi connectivity index (χ1) is 9.72. The lowest BCUT2D eigenvalue weighted by molar-refractivity contribution is 0.610. The summed E-state index contributed by atoms with van der Waals surface area (Å²) in [5.74, 6) is 0. The Labute approximate surface area is 128 Å². The summed E-state index contributed by atoms with van der Waals surface area (Å²) < 4.78 is 0. The molecule has 1 aliphatic rings. The van der Waals surface area contributed by atoms with Crippen LogP contribution in [0.3, 0.4) is 0 Å². The lowest BCUT2D eigenvalue weighted by Gasteiger charge is -2.31. The second kappa shape index (κ2) is 7.90. The maximum Gasteiger partial charge on any atom is 0.0415 e. The highest BCUT2D eigenvalue weighted by molar-refractivity contribution is 6.30. The van der Waals surface area contributed by atoms with Gasteiger partial charge in [0, 0.05) is 29.8 Å². The fourth-order valence-corrected chi connectivity index (χ4v) is 3.20. The fraction of sp³-hybridized carbons (Fsp3) is 0.647. The van der Waals surface area contributed by atoms with Crippen LogP contribution in [0.4, 0.5) is 5.69 Å². The van der Waals surface area contributed by atoms with Gasteiger partial charge in [0.15, 0.2) is 0 Å². The Hall–Kier alpha value is -0.730. The summed E-state index contributed by atoms with van der Waals surface area (Å²) in [5, 5.41) is 4.34. The first kappa shape index (κ1) is 15.7. The molecule has 0 spiro atoms. The molecule has 1 saturated heterocycles. The lowest BCUT2D eigenvalue weighted by Crippen LogP contribution is -2.33. The first-order valence-corrected chi connectivity index (χ1v) is 8.36. The Morgan fingerprint density at radius 1 is 1.30 bits per heavy atom. The largest absolute Gasteiger partial charge is 0.369 e. The maximum atomic E-state index is 6.19. The summed E-state index contributed by atoms with van der Waals surface area (Å²) in [6, 6.07) is 6.98. The Bertz CT molecular complexity index is 419. The summed E-state index contributed by atoms with van der Waals surface area (Å²) >= 11 is 6.19. The average Bonchev–Trinajstić information content (AvgIpc) is 2.64. The third-order valence-electron chi connectivity index (χ3n) is 4.15. The molecule has 1 heterocycles. The molecule has 20 heavy (non-hydrogen) atoms. The number of nitrogens with one attached hydrogen (secondary N) is 1. The number of benzene rings is 1. The van der Waals surface area contributed by atoms with Gasteiger partial charge < -0.3 is 10.2 Å². The molecule has 0 saturated carbocycles. The van der Waals surface area contributed by atoms with Crippen LogP contribution in [0.2, 0.25) is 5.02 Å². The lowest BCUT2D eigenvalue weighted by atomic mass is 10.1. The molecule has 1 aromatic rings.